The molecular weight excluding hydrogens is 388 g/mol. The highest BCUT2D eigenvalue weighted by atomic mass is 35.5. The van der Waals surface area contributed by atoms with Crippen LogP contribution in [0.4, 0.5) is 5.69 Å². The predicted octanol–water partition coefficient (Wildman–Crippen LogP) is 2.65. The van der Waals surface area contributed by atoms with Gasteiger partial charge in [-0.05, 0) is 35.9 Å². The molecule has 1 aromatic heterocycles. The first-order valence-corrected chi connectivity index (χ1v) is 9.98. The summed E-state index contributed by atoms with van der Waals surface area (Å²) in [6.45, 7) is 0. The Morgan fingerprint density at radius 1 is 1.11 bits per heavy atom. The minimum absolute atomic E-state index is 0.0883. The lowest BCUT2D eigenvalue weighted by molar-refractivity contribution is -0.306. The summed E-state index contributed by atoms with van der Waals surface area (Å²) in [7, 11) is -3.89. The fourth-order valence-electron chi connectivity index (χ4n) is 3.34. The van der Waals surface area contributed by atoms with Gasteiger partial charge in [-0.3, -0.25) is 0 Å². The number of hydrogen-bond acceptors (Lipinski definition) is 5. The Balaban J connectivity index is 1.98. The summed E-state index contributed by atoms with van der Waals surface area (Å²) in [5, 5.41) is 15.0. The van der Waals surface area contributed by atoms with E-state index in [1.165, 1.54) is 12.3 Å². The van der Waals surface area contributed by atoms with Gasteiger partial charge >= 0.3 is 0 Å². The molecule has 0 radical (unpaired) electrons. The number of para-hydroxylation sites is 1. The molecule has 0 saturated carbocycles. The van der Waals surface area contributed by atoms with Crippen molar-refractivity contribution in [1.29, 1.82) is 0 Å². The van der Waals surface area contributed by atoms with Crippen LogP contribution in [0.3, 0.4) is 0 Å². The summed E-state index contributed by atoms with van der Waals surface area (Å²) in [5.41, 5.74) is 2.05. The standard InChI is InChI=1S/C19H15ClN2O4S/c20-13-7-5-12(6-8-13)14-9-10-22-19(14)16(11-18(23)24)21-15-3-1-2-4-17(15)27(22,25)26/h1-10,16,21H,11H2,(H,23,24)/p-1. The van der Waals surface area contributed by atoms with Crippen molar-refractivity contribution < 1.29 is 18.3 Å². The molecule has 27 heavy (non-hydrogen) atoms. The summed E-state index contributed by atoms with van der Waals surface area (Å²) in [4.78, 5) is 11.4. The molecule has 6 nitrogen and oxygen atoms in total. The number of carboxylic acids is 1. The van der Waals surface area contributed by atoms with Crippen LogP contribution in [0, 0.1) is 0 Å². The topological polar surface area (TPSA) is 91.2 Å². The van der Waals surface area contributed by atoms with Crippen molar-refractivity contribution in [1.82, 2.24) is 3.97 Å². The van der Waals surface area contributed by atoms with Crippen molar-refractivity contribution in [3.05, 3.63) is 71.5 Å². The van der Waals surface area contributed by atoms with Gasteiger partial charge in [0.2, 0.25) is 0 Å². The van der Waals surface area contributed by atoms with Gasteiger partial charge in [0.15, 0.2) is 0 Å². The monoisotopic (exact) mass is 401 g/mol. The second-order valence-electron chi connectivity index (χ2n) is 6.19. The Morgan fingerprint density at radius 3 is 2.52 bits per heavy atom. The lowest BCUT2D eigenvalue weighted by atomic mass is 10.00. The van der Waals surface area contributed by atoms with E-state index in [2.05, 4.69) is 5.32 Å². The predicted molar refractivity (Wildman–Crippen MR) is 99.9 cm³/mol. The molecule has 1 aliphatic rings. The number of fused-ring (bicyclic) bond motifs is 2. The number of halogens is 1. The van der Waals surface area contributed by atoms with Gasteiger partial charge in [0, 0.05) is 29.2 Å². The Labute approximate surface area is 161 Å². The third kappa shape index (κ3) is 2.98. The first-order valence-electron chi connectivity index (χ1n) is 8.16. The molecule has 2 heterocycles. The molecule has 0 aliphatic carbocycles. The number of nitrogens with one attached hydrogen (secondary N) is 1. The van der Waals surface area contributed by atoms with Crippen LogP contribution in [0.5, 0.6) is 0 Å². The first-order chi connectivity index (χ1) is 12.9. The molecule has 1 N–H and O–H groups in total. The molecule has 138 valence electrons. The number of carbonyl (C=O) groups is 1. The highest BCUT2D eigenvalue weighted by Gasteiger charge is 2.33. The number of carboxylic acid groups (broad SMARTS) is 1. The summed E-state index contributed by atoms with van der Waals surface area (Å²) < 4.78 is 27.5. The number of aromatic nitrogens is 1. The quantitative estimate of drug-likeness (QED) is 0.728. The Bertz CT molecular complexity index is 1140. The Hall–Kier alpha value is -2.77. The molecule has 0 amide bonds. The zero-order valence-corrected chi connectivity index (χ0v) is 15.5. The maximum absolute atomic E-state index is 13.2. The van der Waals surface area contributed by atoms with Gasteiger partial charge in [0.25, 0.3) is 10.0 Å². The minimum Gasteiger partial charge on any atom is -0.550 e. The normalized spacial score (nSPS) is 17.3. The second-order valence-corrected chi connectivity index (χ2v) is 8.41. The minimum atomic E-state index is -3.89. The van der Waals surface area contributed by atoms with Gasteiger partial charge in [0.1, 0.15) is 4.90 Å². The van der Waals surface area contributed by atoms with Crippen molar-refractivity contribution in [3.8, 4) is 11.1 Å². The molecule has 1 unspecified atom stereocenters. The second kappa shape index (κ2) is 6.44. The van der Waals surface area contributed by atoms with E-state index in [9.17, 15) is 18.3 Å². The summed E-state index contributed by atoms with van der Waals surface area (Å²) in [6.07, 6.45) is 1.06. The number of carbonyl (C=O) groups excluding carboxylic acids is 1. The van der Waals surface area contributed by atoms with Crippen LogP contribution in [-0.4, -0.2) is 18.4 Å². The third-order valence-corrected chi connectivity index (χ3v) is 6.50. The van der Waals surface area contributed by atoms with Gasteiger partial charge in [-0.25, -0.2) is 12.4 Å². The van der Waals surface area contributed by atoms with Crippen LogP contribution in [0.25, 0.3) is 11.1 Å². The zero-order chi connectivity index (χ0) is 19.2. The lowest BCUT2D eigenvalue weighted by Gasteiger charge is -2.21. The largest absolute Gasteiger partial charge is 0.550 e. The van der Waals surface area contributed by atoms with Crippen LogP contribution in [0.15, 0.2) is 65.7 Å². The molecule has 1 atom stereocenters. The number of nitrogens with zero attached hydrogens (tertiary/aromatic N) is 1. The molecule has 8 heteroatoms. The highest BCUT2D eigenvalue weighted by Crippen LogP contribution is 2.40. The van der Waals surface area contributed by atoms with Crippen molar-refractivity contribution in [2.24, 2.45) is 0 Å². The van der Waals surface area contributed by atoms with Gasteiger partial charge in [0.05, 0.1) is 17.4 Å². The van der Waals surface area contributed by atoms with Gasteiger partial charge in [-0.2, -0.15) is 0 Å². The molecule has 3 aromatic rings. The zero-order valence-electron chi connectivity index (χ0n) is 13.9. The summed E-state index contributed by atoms with van der Waals surface area (Å²) in [5.74, 6) is -1.28. The van der Waals surface area contributed by atoms with Crippen LogP contribution < -0.4 is 10.4 Å². The number of benzene rings is 2. The Kier molecular flexibility index (Phi) is 4.20. The van der Waals surface area contributed by atoms with Crippen LogP contribution in [-0.2, 0) is 14.8 Å². The molecule has 0 spiro atoms. The number of aliphatic carboxylic acids is 1. The van der Waals surface area contributed by atoms with E-state index in [0.29, 0.717) is 22.0 Å². The van der Waals surface area contributed by atoms with Gasteiger partial charge in [-0.15, -0.1) is 0 Å². The maximum Gasteiger partial charge on any atom is 0.269 e. The molecule has 0 saturated heterocycles. The van der Waals surface area contributed by atoms with E-state index in [0.717, 1.165) is 9.54 Å². The average Bonchev–Trinajstić information content (AvgIpc) is 3.04. The Morgan fingerprint density at radius 2 is 1.81 bits per heavy atom. The molecule has 0 bridgehead atoms. The number of anilines is 1. The summed E-state index contributed by atoms with van der Waals surface area (Å²) >= 11 is 5.95. The molecular formula is C19H14ClN2O4S-. The average molecular weight is 402 g/mol. The van der Waals surface area contributed by atoms with E-state index >= 15 is 0 Å². The van der Waals surface area contributed by atoms with Crippen LogP contribution >= 0.6 is 11.6 Å². The smallest absolute Gasteiger partial charge is 0.269 e. The highest BCUT2D eigenvalue weighted by molar-refractivity contribution is 7.90. The van der Waals surface area contributed by atoms with Crippen molar-refractivity contribution in [3.63, 3.8) is 0 Å². The van der Waals surface area contributed by atoms with E-state index in [1.54, 1.807) is 48.5 Å². The van der Waals surface area contributed by atoms with Crippen LogP contribution in [0.2, 0.25) is 5.02 Å². The van der Waals surface area contributed by atoms with E-state index in [-0.39, 0.29) is 11.3 Å². The van der Waals surface area contributed by atoms with Crippen molar-refractivity contribution in [2.75, 3.05) is 5.32 Å². The molecule has 4 rings (SSSR count). The van der Waals surface area contributed by atoms with Gasteiger partial charge in [-0.1, -0.05) is 35.9 Å². The van der Waals surface area contributed by atoms with E-state index < -0.39 is 22.0 Å². The van der Waals surface area contributed by atoms with E-state index in [4.69, 9.17) is 11.6 Å². The maximum atomic E-state index is 13.2. The SMILES string of the molecule is O=C([O-])CC1Nc2ccccc2S(=O)(=O)n2ccc(-c3ccc(Cl)cc3)c21. The van der Waals surface area contributed by atoms with E-state index in [1.807, 2.05) is 0 Å². The van der Waals surface area contributed by atoms with Crippen molar-refractivity contribution >= 4 is 33.3 Å². The molecule has 2 aromatic carbocycles. The molecule has 0 fully saturated rings. The van der Waals surface area contributed by atoms with Gasteiger partial charge < -0.3 is 15.2 Å². The number of rotatable bonds is 3. The van der Waals surface area contributed by atoms with Crippen LogP contribution in [0.1, 0.15) is 18.2 Å². The first kappa shape index (κ1) is 17.6. The molecule has 1 aliphatic heterocycles. The fourth-order valence-corrected chi connectivity index (χ4v) is 5.04. The fraction of sp³-hybridized carbons (Fsp3) is 0.105. The third-order valence-electron chi connectivity index (χ3n) is 4.50. The lowest BCUT2D eigenvalue weighted by Crippen LogP contribution is -2.28. The summed E-state index contributed by atoms with van der Waals surface area (Å²) in [6, 6.07) is 14.2. The van der Waals surface area contributed by atoms with Crippen molar-refractivity contribution in [2.45, 2.75) is 17.4 Å². The number of hydrogen-bond donors (Lipinski definition) is 1.